The number of nitrogens with zero attached hydrogens (tertiary/aromatic N) is 4. The molecule has 0 bridgehead atoms. The maximum Gasteiger partial charge on any atom is 0.0719 e. The first kappa shape index (κ1) is 10.1. The Kier molecular flexibility index (Phi) is 3.11. The molecule has 76 valence electrons. The first-order valence-corrected chi connectivity index (χ1v) is 4.06. The monoisotopic (exact) mass is 194 g/mol. The van der Waals surface area contributed by atoms with Crippen LogP contribution in [-0.4, -0.2) is 19.6 Å². The van der Waals surface area contributed by atoms with Gasteiger partial charge in [-0.05, 0) is 0 Å². The molecule has 0 aliphatic rings. The van der Waals surface area contributed by atoms with Crippen molar-refractivity contribution >= 4 is 11.4 Å². The molecular weight excluding hydrogens is 180 g/mol. The Hall–Kier alpha value is -1.98. The van der Waals surface area contributed by atoms with Crippen LogP contribution in [0.2, 0.25) is 0 Å². The third kappa shape index (κ3) is 3.18. The van der Waals surface area contributed by atoms with Gasteiger partial charge in [-0.15, -0.1) is 0 Å². The molecule has 0 spiro atoms. The highest BCUT2D eigenvalue weighted by Gasteiger charge is 1.82. The van der Waals surface area contributed by atoms with Crippen molar-refractivity contribution in [1.82, 2.24) is 19.6 Å². The van der Waals surface area contributed by atoms with Crippen LogP contribution in [0.1, 0.15) is 0 Å². The summed E-state index contributed by atoms with van der Waals surface area (Å²) in [6, 6.07) is 0. The van der Waals surface area contributed by atoms with E-state index in [-0.39, 0.29) is 0 Å². The second-order valence-corrected chi connectivity index (χ2v) is 2.89. The summed E-state index contributed by atoms with van der Waals surface area (Å²) in [4.78, 5) is 0. The number of hydrogen-bond acceptors (Lipinski definition) is 4. The molecule has 0 saturated heterocycles. The molecule has 0 amide bonds. The molecule has 0 unspecified atom stereocenters. The second-order valence-electron chi connectivity index (χ2n) is 2.89. The Balaban J connectivity index is 0.000000140. The predicted molar refractivity (Wildman–Crippen MR) is 55.2 cm³/mol. The lowest BCUT2D eigenvalue weighted by Crippen LogP contribution is -1.84. The number of hydrogen-bond donors (Lipinski definition) is 2. The van der Waals surface area contributed by atoms with Crippen LogP contribution in [0.4, 0.5) is 11.4 Å². The van der Waals surface area contributed by atoms with Crippen molar-refractivity contribution in [3.8, 4) is 0 Å². The molecule has 0 saturated carbocycles. The second kappa shape index (κ2) is 4.31. The minimum absolute atomic E-state index is 0.711. The Morgan fingerprint density at radius 3 is 1.36 bits per heavy atom. The number of nitrogen functional groups attached to an aromatic ring is 2. The van der Waals surface area contributed by atoms with Crippen LogP contribution in [0.3, 0.4) is 0 Å². The Bertz CT molecular complexity index is 317. The van der Waals surface area contributed by atoms with Gasteiger partial charge in [0.15, 0.2) is 0 Å². The van der Waals surface area contributed by atoms with Crippen molar-refractivity contribution in [2.45, 2.75) is 0 Å². The smallest absolute Gasteiger partial charge is 0.0719 e. The summed E-state index contributed by atoms with van der Waals surface area (Å²) in [7, 11) is 3.66. The molecule has 6 heteroatoms. The summed E-state index contributed by atoms with van der Waals surface area (Å²) in [5, 5.41) is 7.62. The van der Waals surface area contributed by atoms with Gasteiger partial charge in [0, 0.05) is 26.5 Å². The number of nitrogens with two attached hydrogens (primary N) is 2. The molecule has 0 aromatic carbocycles. The molecule has 4 N–H and O–H groups in total. The van der Waals surface area contributed by atoms with E-state index in [1.54, 1.807) is 34.2 Å². The van der Waals surface area contributed by atoms with Crippen LogP contribution in [0.5, 0.6) is 0 Å². The van der Waals surface area contributed by atoms with Gasteiger partial charge in [-0.2, -0.15) is 10.2 Å². The molecule has 2 aromatic rings. The summed E-state index contributed by atoms with van der Waals surface area (Å²) in [5.74, 6) is 0. The van der Waals surface area contributed by atoms with Crippen LogP contribution in [-0.2, 0) is 14.1 Å². The molecule has 14 heavy (non-hydrogen) atoms. The molecule has 0 aliphatic carbocycles. The van der Waals surface area contributed by atoms with Crippen molar-refractivity contribution in [2.24, 2.45) is 14.1 Å². The zero-order valence-electron chi connectivity index (χ0n) is 8.25. The molecule has 2 heterocycles. The normalized spacial score (nSPS) is 9.29. The van der Waals surface area contributed by atoms with Crippen molar-refractivity contribution in [2.75, 3.05) is 11.5 Å². The van der Waals surface area contributed by atoms with Crippen LogP contribution in [0, 0.1) is 0 Å². The highest BCUT2D eigenvalue weighted by atomic mass is 15.2. The Morgan fingerprint density at radius 2 is 1.29 bits per heavy atom. The minimum atomic E-state index is 0.711. The topological polar surface area (TPSA) is 87.7 Å². The average Bonchev–Trinajstić information content (AvgIpc) is 2.63. The van der Waals surface area contributed by atoms with E-state index in [0.717, 1.165) is 0 Å². The largest absolute Gasteiger partial charge is 0.396 e. The number of anilines is 2. The van der Waals surface area contributed by atoms with Gasteiger partial charge < -0.3 is 11.5 Å². The van der Waals surface area contributed by atoms with Crippen molar-refractivity contribution in [3.05, 3.63) is 24.8 Å². The first-order valence-electron chi connectivity index (χ1n) is 4.06. The van der Waals surface area contributed by atoms with Crippen molar-refractivity contribution in [3.63, 3.8) is 0 Å². The number of aromatic nitrogens is 4. The fraction of sp³-hybridized carbons (Fsp3) is 0.250. The van der Waals surface area contributed by atoms with Crippen LogP contribution in [0.15, 0.2) is 24.8 Å². The van der Waals surface area contributed by atoms with E-state index in [1.807, 2.05) is 14.1 Å². The van der Waals surface area contributed by atoms with E-state index in [1.165, 1.54) is 0 Å². The number of aryl methyl sites for hydroxylation is 2. The predicted octanol–water partition coefficient (Wildman–Crippen LogP) is 0.00460. The van der Waals surface area contributed by atoms with Gasteiger partial charge in [0.1, 0.15) is 0 Å². The van der Waals surface area contributed by atoms with Gasteiger partial charge in [-0.1, -0.05) is 0 Å². The van der Waals surface area contributed by atoms with Crippen molar-refractivity contribution in [1.29, 1.82) is 0 Å². The number of rotatable bonds is 0. The summed E-state index contributed by atoms with van der Waals surface area (Å²) in [5.41, 5.74) is 12.0. The molecule has 2 rings (SSSR count). The highest BCUT2D eigenvalue weighted by molar-refractivity contribution is 5.30. The molecule has 6 nitrogen and oxygen atoms in total. The summed E-state index contributed by atoms with van der Waals surface area (Å²) in [6.45, 7) is 0. The lowest BCUT2D eigenvalue weighted by atomic mass is 10.6. The lowest BCUT2D eigenvalue weighted by molar-refractivity contribution is 0.768. The van der Waals surface area contributed by atoms with Gasteiger partial charge >= 0.3 is 0 Å². The molecular formula is C8H14N6. The Morgan fingerprint density at radius 1 is 0.929 bits per heavy atom. The zero-order chi connectivity index (χ0) is 10.6. The maximum atomic E-state index is 5.30. The summed E-state index contributed by atoms with van der Waals surface area (Å²) >= 11 is 0. The highest BCUT2D eigenvalue weighted by Crippen LogP contribution is 1.93. The van der Waals surface area contributed by atoms with Crippen molar-refractivity contribution < 1.29 is 0 Å². The van der Waals surface area contributed by atoms with E-state index in [4.69, 9.17) is 11.5 Å². The lowest BCUT2D eigenvalue weighted by Gasteiger charge is -1.78. The van der Waals surface area contributed by atoms with E-state index in [0.29, 0.717) is 11.4 Å². The first-order chi connectivity index (χ1) is 6.58. The fourth-order valence-corrected chi connectivity index (χ4v) is 0.880. The standard InChI is InChI=1S/2C4H7N3/c2*1-7-3-4(5)2-6-7/h2*2-3H,5H2,1H3. The minimum Gasteiger partial charge on any atom is -0.396 e. The summed E-state index contributed by atoms with van der Waals surface area (Å²) in [6.07, 6.45) is 6.72. The van der Waals surface area contributed by atoms with Gasteiger partial charge in [-0.3, -0.25) is 9.36 Å². The molecule has 0 radical (unpaired) electrons. The third-order valence-corrected chi connectivity index (χ3v) is 1.45. The van der Waals surface area contributed by atoms with Gasteiger partial charge in [-0.25, -0.2) is 0 Å². The Labute approximate surface area is 82.1 Å². The fourth-order valence-electron chi connectivity index (χ4n) is 0.880. The van der Waals surface area contributed by atoms with E-state index in [9.17, 15) is 0 Å². The van der Waals surface area contributed by atoms with E-state index < -0.39 is 0 Å². The SMILES string of the molecule is Cn1cc(N)cn1.Cn1cc(N)cn1. The van der Waals surface area contributed by atoms with E-state index >= 15 is 0 Å². The quantitative estimate of drug-likeness (QED) is 0.618. The van der Waals surface area contributed by atoms with Crippen LogP contribution >= 0.6 is 0 Å². The van der Waals surface area contributed by atoms with Crippen LogP contribution < -0.4 is 11.5 Å². The zero-order valence-corrected chi connectivity index (χ0v) is 8.25. The average molecular weight is 194 g/mol. The van der Waals surface area contributed by atoms with Gasteiger partial charge in [0.05, 0.1) is 23.8 Å². The van der Waals surface area contributed by atoms with Crippen LogP contribution in [0.25, 0.3) is 0 Å². The van der Waals surface area contributed by atoms with Gasteiger partial charge in [0.2, 0.25) is 0 Å². The maximum absolute atomic E-state index is 5.30. The molecule has 0 fully saturated rings. The summed E-state index contributed by atoms with van der Waals surface area (Å²) < 4.78 is 3.32. The molecule has 0 aliphatic heterocycles. The molecule has 2 aromatic heterocycles. The third-order valence-electron chi connectivity index (χ3n) is 1.45. The molecule has 0 atom stereocenters. The van der Waals surface area contributed by atoms with E-state index in [2.05, 4.69) is 10.2 Å². The van der Waals surface area contributed by atoms with Gasteiger partial charge in [0.25, 0.3) is 0 Å².